The molecule has 18 heavy (non-hydrogen) atoms. The monoisotopic (exact) mass is 340 g/mol. The summed E-state index contributed by atoms with van der Waals surface area (Å²) in [6.45, 7) is 0. The molecule has 0 fully saturated rings. The molecule has 0 unspecified atom stereocenters. The standard InChI is InChI=1S/C13H7BrCl2N2/c14-9-2-1-8(7-17)12(5-9)18-13-6-10(15)3-4-11(13)16/h1-6,18H. The SMILES string of the molecule is N#Cc1ccc(Br)cc1Nc1cc(Cl)ccc1Cl. The molecule has 2 rings (SSSR count). The summed E-state index contributed by atoms with van der Waals surface area (Å²) in [5.41, 5.74) is 1.88. The lowest BCUT2D eigenvalue weighted by atomic mass is 10.2. The van der Waals surface area contributed by atoms with Crippen LogP contribution >= 0.6 is 39.1 Å². The second kappa shape index (κ2) is 5.62. The van der Waals surface area contributed by atoms with Gasteiger partial charge in [0.2, 0.25) is 0 Å². The maximum atomic E-state index is 9.05. The summed E-state index contributed by atoms with van der Waals surface area (Å²) in [6.07, 6.45) is 0. The van der Waals surface area contributed by atoms with Gasteiger partial charge in [-0.15, -0.1) is 0 Å². The van der Waals surface area contributed by atoms with Crippen LogP contribution in [0.1, 0.15) is 5.56 Å². The molecule has 0 heterocycles. The van der Waals surface area contributed by atoms with E-state index in [0.29, 0.717) is 27.0 Å². The fourth-order valence-corrected chi connectivity index (χ4v) is 2.15. The maximum Gasteiger partial charge on any atom is 0.101 e. The van der Waals surface area contributed by atoms with Crippen LogP contribution < -0.4 is 5.32 Å². The van der Waals surface area contributed by atoms with Gasteiger partial charge in [-0.05, 0) is 36.4 Å². The molecule has 0 bridgehead atoms. The third-order valence-electron chi connectivity index (χ3n) is 2.30. The summed E-state index contributed by atoms with van der Waals surface area (Å²) < 4.78 is 0.877. The molecule has 2 aromatic carbocycles. The predicted octanol–water partition coefficient (Wildman–Crippen LogP) is 5.37. The van der Waals surface area contributed by atoms with Gasteiger partial charge in [0.1, 0.15) is 6.07 Å². The Morgan fingerprint density at radius 2 is 1.83 bits per heavy atom. The summed E-state index contributed by atoms with van der Waals surface area (Å²) in [6, 6.07) is 12.6. The van der Waals surface area contributed by atoms with Crippen LogP contribution in [0.5, 0.6) is 0 Å². The number of anilines is 2. The zero-order valence-corrected chi connectivity index (χ0v) is 12.1. The Balaban J connectivity index is 2.43. The van der Waals surface area contributed by atoms with E-state index in [1.165, 1.54) is 0 Å². The molecule has 0 radical (unpaired) electrons. The molecule has 0 aliphatic carbocycles. The molecule has 0 atom stereocenters. The number of rotatable bonds is 2. The van der Waals surface area contributed by atoms with Gasteiger partial charge in [-0.2, -0.15) is 5.26 Å². The van der Waals surface area contributed by atoms with E-state index in [1.54, 1.807) is 24.3 Å². The van der Waals surface area contributed by atoms with Crippen molar-refractivity contribution in [2.45, 2.75) is 0 Å². The Morgan fingerprint density at radius 1 is 1.06 bits per heavy atom. The van der Waals surface area contributed by atoms with Gasteiger partial charge in [0.15, 0.2) is 0 Å². The maximum absolute atomic E-state index is 9.05. The van der Waals surface area contributed by atoms with Gasteiger partial charge in [0, 0.05) is 9.50 Å². The highest BCUT2D eigenvalue weighted by Gasteiger charge is 2.06. The van der Waals surface area contributed by atoms with Gasteiger partial charge in [0.25, 0.3) is 0 Å². The van der Waals surface area contributed by atoms with Gasteiger partial charge in [-0.3, -0.25) is 0 Å². The van der Waals surface area contributed by atoms with Gasteiger partial charge >= 0.3 is 0 Å². The van der Waals surface area contributed by atoms with Crippen LogP contribution in [-0.2, 0) is 0 Å². The van der Waals surface area contributed by atoms with Crippen LogP contribution in [0.3, 0.4) is 0 Å². The minimum atomic E-state index is 0.536. The lowest BCUT2D eigenvalue weighted by Crippen LogP contribution is -1.94. The lowest BCUT2D eigenvalue weighted by molar-refractivity contribution is 1.45. The van der Waals surface area contributed by atoms with Crippen LogP contribution in [0.15, 0.2) is 40.9 Å². The van der Waals surface area contributed by atoms with Crippen LogP contribution in [0.25, 0.3) is 0 Å². The molecule has 5 heteroatoms. The fourth-order valence-electron chi connectivity index (χ4n) is 1.46. The van der Waals surface area contributed by atoms with Crippen molar-refractivity contribution in [1.82, 2.24) is 0 Å². The normalized spacial score (nSPS) is 9.89. The van der Waals surface area contributed by atoms with E-state index < -0.39 is 0 Å². The van der Waals surface area contributed by atoms with Crippen molar-refractivity contribution in [2.75, 3.05) is 5.32 Å². The Bertz CT molecular complexity index is 635. The molecule has 0 aromatic heterocycles. The molecule has 0 saturated carbocycles. The molecular weight excluding hydrogens is 335 g/mol. The highest BCUT2D eigenvalue weighted by atomic mass is 79.9. The number of benzene rings is 2. The Labute approximate surface area is 123 Å². The highest BCUT2D eigenvalue weighted by Crippen LogP contribution is 2.30. The van der Waals surface area contributed by atoms with Crippen molar-refractivity contribution < 1.29 is 0 Å². The zero-order chi connectivity index (χ0) is 13.1. The molecule has 2 nitrogen and oxygen atoms in total. The summed E-state index contributed by atoms with van der Waals surface area (Å²) >= 11 is 15.3. The third-order valence-corrected chi connectivity index (χ3v) is 3.36. The molecule has 0 saturated heterocycles. The summed E-state index contributed by atoms with van der Waals surface area (Å²) in [4.78, 5) is 0. The summed E-state index contributed by atoms with van der Waals surface area (Å²) in [5, 5.41) is 13.3. The highest BCUT2D eigenvalue weighted by molar-refractivity contribution is 9.10. The number of nitriles is 1. The Kier molecular flexibility index (Phi) is 4.13. The first-order valence-electron chi connectivity index (χ1n) is 5.02. The lowest BCUT2D eigenvalue weighted by Gasteiger charge is -2.10. The number of hydrogen-bond acceptors (Lipinski definition) is 2. The average Bonchev–Trinajstić information content (AvgIpc) is 2.34. The van der Waals surface area contributed by atoms with E-state index in [-0.39, 0.29) is 0 Å². The number of nitrogens with zero attached hydrogens (tertiary/aromatic N) is 1. The van der Waals surface area contributed by atoms with Gasteiger partial charge in [0.05, 0.1) is 22.0 Å². The topological polar surface area (TPSA) is 35.8 Å². The minimum Gasteiger partial charge on any atom is -0.353 e. The van der Waals surface area contributed by atoms with E-state index in [9.17, 15) is 0 Å². The number of halogens is 3. The van der Waals surface area contributed by atoms with Crippen LogP contribution in [0.4, 0.5) is 11.4 Å². The van der Waals surface area contributed by atoms with Crippen LogP contribution in [-0.4, -0.2) is 0 Å². The quantitative estimate of drug-likeness (QED) is 0.796. The minimum absolute atomic E-state index is 0.536. The van der Waals surface area contributed by atoms with E-state index in [4.69, 9.17) is 28.5 Å². The Morgan fingerprint density at radius 3 is 2.56 bits per heavy atom. The molecule has 0 aliphatic rings. The predicted molar refractivity (Wildman–Crippen MR) is 78.6 cm³/mol. The van der Waals surface area contributed by atoms with E-state index in [1.807, 2.05) is 12.1 Å². The van der Waals surface area contributed by atoms with E-state index in [0.717, 1.165) is 4.47 Å². The van der Waals surface area contributed by atoms with Crippen LogP contribution in [0.2, 0.25) is 10.0 Å². The first-order valence-corrected chi connectivity index (χ1v) is 6.57. The molecule has 0 amide bonds. The van der Waals surface area contributed by atoms with Crippen molar-refractivity contribution in [3.63, 3.8) is 0 Å². The second-order valence-electron chi connectivity index (χ2n) is 3.55. The molecule has 90 valence electrons. The van der Waals surface area contributed by atoms with E-state index >= 15 is 0 Å². The smallest absolute Gasteiger partial charge is 0.101 e. The van der Waals surface area contributed by atoms with Crippen molar-refractivity contribution in [1.29, 1.82) is 5.26 Å². The number of nitrogens with one attached hydrogen (secondary N) is 1. The Hall–Kier alpha value is -1.21. The van der Waals surface area contributed by atoms with Crippen molar-refractivity contribution in [3.05, 3.63) is 56.5 Å². The van der Waals surface area contributed by atoms with Gasteiger partial charge in [-0.25, -0.2) is 0 Å². The fraction of sp³-hybridized carbons (Fsp3) is 0. The van der Waals surface area contributed by atoms with Gasteiger partial charge < -0.3 is 5.32 Å². The largest absolute Gasteiger partial charge is 0.353 e. The summed E-state index contributed by atoms with van der Waals surface area (Å²) in [5.74, 6) is 0. The molecule has 0 spiro atoms. The zero-order valence-electron chi connectivity index (χ0n) is 9.05. The second-order valence-corrected chi connectivity index (χ2v) is 5.31. The number of hydrogen-bond donors (Lipinski definition) is 1. The van der Waals surface area contributed by atoms with E-state index in [2.05, 4.69) is 27.3 Å². The molecule has 2 aromatic rings. The molecular formula is C13H7BrCl2N2. The van der Waals surface area contributed by atoms with Crippen molar-refractivity contribution in [2.24, 2.45) is 0 Å². The van der Waals surface area contributed by atoms with Crippen molar-refractivity contribution in [3.8, 4) is 6.07 Å². The summed E-state index contributed by atoms with van der Waals surface area (Å²) in [7, 11) is 0. The molecule has 1 N–H and O–H groups in total. The first kappa shape index (κ1) is 13.2. The molecule has 0 aliphatic heterocycles. The van der Waals surface area contributed by atoms with Gasteiger partial charge in [-0.1, -0.05) is 39.1 Å². The first-order chi connectivity index (χ1) is 8.60. The van der Waals surface area contributed by atoms with Crippen molar-refractivity contribution >= 4 is 50.5 Å². The average molecular weight is 342 g/mol. The van der Waals surface area contributed by atoms with Crippen LogP contribution in [0, 0.1) is 11.3 Å². The third kappa shape index (κ3) is 2.97.